The Morgan fingerprint density at radius 2 is 1.86 bits per heavy atom. The molecular weight excluding hydrogens is 286 g/mol. The Morgan fingerprint density at radius 3 is 2.41 bits per heavy atom. The van der Waals surface area contributed by atoms with Gasteiger partial charge in [0.25, 0.3) is 0 Å². The summed E-state index contributed by atoms with van der Waals surface area (Å²) >= 11 is 0. The monoisotopic (exact) mass is 307 g/mol. The summed E-state index contributed by atoms with van der Waals surface area (Å²) in [5, 5.41) is 11.1. The lowest BCUT2D eigenvalue weighted by Gasteiger charge is -2.19. The molecule has 1 aromatic carbocycles. The van der Waals surface area contributed by atoms with E-state index >= 15 is 0 Å². The van der Waals surface area contributed by atoms with Gasteiger partial charge in [-0.1, -0.05) is 24.3 Å². The second kappa shape index (κ2) is 8.07. The second-order valence-electron chi connectivity index (χ2n) is 5.54. The third kappa shape index (κ3) is 7.94. The predicted molar refractivity (Wildman–Crippen MR) is 82.8 cm³/mol. The van der Waals surface area contributed by atoms with Gasteiger partial charge in [-0.15, -0.1) is 0 Å². The van der Waals surface area contributed by atoms with Crippen LogP contribution in [-0.4, -0.2) is 35.9 Å². The number of aliphatic carboxylic acids is 1. The average Bonchev–Trinajstić information content (AvgIpc) is 2.40. The molecule has 0 saturated heterocycles. The van der Waals surface area contributed by atoms with Crippen LogP contribution in [0.5, 0.6) is 5.75 Å². The van der Waals surface area contributed by atoms with E-state index < -0.39 is 17.7 Å². The summed E-state index contributed by atoms with van der Waals surface area (Å²) in [6, 6.07) is 6.95. The molecule has 6 heteroatoms. The molecule has 1 amide bonds. The molecule has 0 aliphatic rings. The van der Waals surface area contributed by atoms with Gasteiger partial charge < -0.3 is 19.9 Å². The van der Waals surface area contributed by atoms with E-state index in [1.54, 1.807) is 51.1 Å². The molecule has 0 atom stereocenters. The molecule has 1 aromatic rings. The van der Waals surface area contributed by atoms with E-state index in [4.69, 9.17) is 14.6 Å². The number of benzene rings is 1. The molecule has 0 fully saturated rings. The number of rotatable bonds is 6. The Balaban J connectivity index is 2.37. The largest absolute Gasteiger partial charge is 0.482 e. The van der Waals surface area contributed by atoms with Gasteiger partial charge in [-0.05, 0) is 38.5 Å². The number of amides is 1. The van der Waals surface area contributed by atoms with Gasteiger partial charge >= 0.3 is 12.1 Å². The molecule has 0 saturated carbocycles. The molecule has 22 heavy (non-hydrogen) atoms. The van der Waals surface area contributed by atoms with Gasteiger partial charge in [0.05, 0.1) is 0 Å². The maximum Gasteiger partial charge on any atom is 0.407 e. The SMILES string of the molecule is CC(C)(C)OC(=O)NCC=Cc1ccc(OCC(=O)O)cc1. The number of carboxylic acid groups (broad SMARTS) is 1. The maximum absolute atomic E-state index is 11.4. The highest BCUT2D eigenvalue weighted by Gasteiger charge is 2.14. The second-order valence-corrected chi connectivity index (χ2v) is 5.54. The topological polar surface area (TPSA) is 84.9 Å². The Bertz CT molecular complexity index is 528. The van der Waals surface area contributed by atoms with E-state index in [2.05, 4.69) is 5.32 Å². The summed E-state index contributed by atoms with van der Waals surface area (Å²) in [7, 11) is 0. The zero-order valence-corrected chi connectivity index (χ0v) is 13.0. The van der Waals surface area contributed by atoms with Gasteiger partial charge in [0, 0.05) is 6.54 Å². The summed E-state index contributed by atoms with van der Waals surface area (Å²) < 4.78 is 10.1. The van der Waals surface area contributed by atoms with Crippen LogP contribution in [0.2, 0.25) is 0 Å². The van der Waals surface area contributed by atoms with Crippen molar-refractivity contribution in [2.24, 2.45) is 0 Å². The molecule has 0 aliphatic heterocycles. The molecule has 0 aromatic heterocycles. The molecule has 0 spiro atoms. The lowest BCUT2D eigenvalue weighted by Crippen LogP contribution is -2.32. The number of nitrogens with one attached hydrogen (secondary N) is 1. The molecule has 0 aliphatic carbocycles. The van der Waals surface area contributed by atoms with Crippen molar-refractivity contribution in [2.75, 3.05) is 13.2 Å². The molecule has 120 valence electrons. The van der Waals surface area contributed by atoms with Crippen LogP contribution in [0.3, 0.4) is 0 Å². The lowest BCUT2D eigenvalue weighted by atomic mass is 10.2. The number of ether oxygens (including phenoxy) is 2. The number of alkyl carbamates (subject to hydrolysis) is 1. The fraction of sp³-hybridized carbons (Fsp3) is 0.375. The highest BCUT2D eigenvalue weighted by atomic mass is 16.6. The predicted octanol–water partition coefficient (Wildman–Crippen LogP) is 2.69. The van der Waals surface area contributed by atoms with Crippen LogP contribution in [0, 0.1) is 0 Å². The van der Waals surface area contributed by atoms with Crippen LogP contribution in [0.15, 0.2) is 30.3 Å². The molecule has 1 rings (SSSR count). The minimum absolute atomic E-state index is 0.353. The van der Waals surface area contributed by atoms with Gasteiger partial charge in [-0.25, -0.2) is 9.59 Å². The van der Waals surface area contributed by atoms with Crippen LogP contribution in [-0.2, 0) is 9.53 Å². The van der Waals surface area contributed by atoms with Gasteiger partial charge in [-0.2, -0.15) is 0 Å². The fourth-order valence-electron chi connectivity index (χ4n) is 1.47. The normalized spacial score (nSPS) is 11.2. The smallest absolute Gasteiger partial charge is 0.407 e. The summed E-state index contributed by atoms with van der Waals surface area (Å²) in [6.45, 7) is 5.39. The Labute approximate surface area is 129 Å². The first kappa shape index (κ1) is 17.6. The lowest BCUT2D eigenvalue weighted by molar-refractivity contribution is -0.139. The van der Waals surface area contributed by atoms with Crippen LogP contribution >= 0.6 is 0 Å². The Kier molecular flexibility index (Phi) is 6.44. The zero-order valence-electron chi connectivity index (χ0n) is 13.0. The van der Waals surface area contributed by atoms with Crippen LogP contribution in [0.25, 0.3) is 6.08 Å². The van der Waals surface area contributed by atoms with Crippen molar-refractivity contribution in [2.45, 2.75) is 26.4 Å². The fourth-order valence-corrected chi connectivity index (χ4v) is 1.47. The number of hydrogen-bond donors (Lipinski definition) is 2. The molecule has 0 bridgehead atoms. The van der Waals surface area contributed by atoms with Crippen molar-refractivity contribution in [3.63, 3.8) is 0 Å². The van der Waals surface area contributed by atoms with Gasteiger partial charge in [0.1, 0.15) is 11.4 Å². The summed E-state index contributed by atoms with van der Waals surface area (Å²) in [5.41, 5.74) is 0.396. The first-order valence-corrected chi connectivity index (χ1v) is 6.84. The summed E-state index contributed by atoms with van der Waals surface area (Å²) in [4.78, 5) is 21.8. The third-order valence-corrected chi connectivity index (χ3v) is 2.32. The van der Waals surface area contributed by atoms with E-state index in [1.807, 2.05) is 6.08 Å². The van der Waals surface area contributed by atoms with E-state index in [1.165, 1.54) is 0 Å². The Hall–Kier alpha value is -2.50. The molecular formula is C16H21NO5. The van der Waals surface area contributed by atoms with Crippen molar-refractivity contribution < 1.29 is 24.2 Å². The first-order valence-electron chi connectivity index (χ1n) is 6.84. The minimum Gasteiger partial charge on any atom is -0.482 e. The maximum atomic E-state index is 11.4. The van der Waals surface area contributed by atoms with Gasteiger partial charge in [0.2, 0.25) is 0 Å². The van der Waals surface area contributed by atoms with Crippen molar-refractivity contribution in [1.29, 1.82) is 0 Å². The number of carbonyl (C=O) groups is 2. The highest BCUT2D eigenvalue weighted by molar-refractivity contribution is 5.68. The van der Waals surface area contributed by atoms with Crippen LogP contribution < -0.4 is 10.1 Å². The third-order valence-electron chi connectivity index (χ3n) is 2.32. The highest BCUT2D eigenvalue weighted by Crippen LogP contribution is 2.13. The van der Waals surface area contributed by atoms with E-state index in [9.17, 15) is 9.59 Å². The Morgan fingerprint density at radius 1 is 1.23 bits per heavy atom. The molecule has 0 unspecified atom stereocenters. The number of hydrogen-bond acceptors (Lipinski definition) is 4. The van der Waals surface area contributed by atoms with E-state index in [0.717, 1.165) is 5.56 Å². The zero-order chi connectivity index (χ0) is 16.6. The standard InChI is InChI=1S/C16H21NO5/c1-16(2,3)22-15(20)17-10-4-5-12-6-8-13(9-7-12)21-11-14(18)19/h4-9H,10-11H2,1-3H3,(H,17,20)(H,18,19). The van der Waals surface area contributed by atoms with Crippen LogP contribution in [0.4, 0.5) is 4.79 Å². The molecule has 0 heterocycles. The average molecular weight is 307 g/mol. The first-order chi connectivity index (χ1) is 10.3. The number of carbonyl (C=O) groups excluding carboxylic acids is 1. The van der Waals surface area contributed by atoms with Crippen molar-refractivity contribution in [3.8, 4) is 5.75 Å². The molecule has 0 radical (unpaired) electrons. The molecule has 6 nitrogen and oxygen atoms in total. The summed E-state index contributed by atoms with van der Waals surface area (Å²) in [6.07, 6.45) is 3.16. The minimum atomic E-state index is -1.02. The van der Waals surface area contributed by atoms with Gasteiger partial charge in [-0.3, -0.25) is 0 Å². The summed E-state index contributed by atoms with van der Waals surface area (Å²) in [5.74, 6) is -0.524. The van der Waals surface area contributed by atoms with E-state index in [0.29, 0.717) is 12.3 Å². The van der Waals surface area contributed by atoms with Crippen LogP contribution in [0.1, 0.15) is 26.3 Å². The van der Waals surface area contributed by atoms with E-state index in [-0.39, 0.29) is 6.61 Å². The van der Waals surface area contributed by atoms with Gasteiger partial charge in [0.15, 0.2) is 6.61 Å². The van der Waals surface area contributed by atoms with Crippen molar-refractivity contribution in [1.82, 2.24) is 5.32 Å². The van der Waals surface area contributed by atoms with Crippen molar-refractivity contribution in [3.05, 3.63) is 35.9 Å². The number of carboxylic acids is 1. The van der Waals surface area contributed by atoms with Crippen molar-refractivity contribution >= 4 is 18.1 Å². The quantitative estimate of drug-likeness (QED) is 0.844. The molecule has 2 N–H and O–H groups in total.